The molecule has 0 aromatic heterocycles. The second-order valence-corrected chi connectivity index (χ2v) is 22.0. The molecule has 0 N–H and O–H groups in total. The minimum atomic E-state index is -0.487. The molecule has 0 amide bonds. The van der Waals surface area contributed by atoms with Crippen LogP contribution in [-0.4, -0.2) is 37.1 Å². The third-order valence-corrected chi connectivity index (χ3v) is 15.4. The Bertz CT molecular complexity index is 2580. The summed E-state index contributed by atoms with van der Waals surface area (Å²) in [6, 6.07) is 44.0. The number of benzene rings is 6. The lowest BCUT2D eigenvalue weighted by molar-refractivity contribution is -0.140. The van der Waals surface area contributed by atoms with Crippen LogP contribution in [0.15, 0.2) is 146 Å². The molecule has 0 saturated heterocycles. The summed E-state index contributed by atoms with van der Waals surface area (Å²) in [5.41, 5.74) is 4.85. The van der Waals surface area contributed by atoms with Gasteiger partial charge in [0.25, 0.3) is 0 Å². The lowest BCUT2D eigenvalue weighted by atomic mass is 9.97. The third-order valence-electron chi connectivity index (χ3n) is 15.4. The van der Waals surface area contributed by atoms with Gasteiger partial charge in [0.1, 0.15) is 34.5 Å². The largest absolute Gasteiger partial charge is 0.494 e. The van der Waals surface area contributed by atoms with Crippen molar-refractivity contribution in [3.8, 4) is 56.8 Å². The van der Waals surface area contributed by atoms with E-state index in [2.05, 4.69) is 13.8 Å². The van der Waals surface area contributed by atoms with Crippen molar-refractivity contribution in [3.63, 3.8) is 0 Å². The van der Waals surface area contributed by atoms with E-state index in [0.29, 0.717) is 47.0 Å². The van der Waals surface area contributed by atoms with Gasteiger partial charge in [-0.1, -0.05) is 198 Å². The average molecular weight is 1130 g/mol. The molecule has 6 aromatic carbocycles. The quantitative estimate of drug-likeness (QED) is 0.0209. The Hall–Kier alpha value is -7.20. The molecular weight excluding hydrogens is 1040 g/mol. The fraction of sp³-hybridized carbons (Fsp3) is 0.452. The topological polar surface area (TPSA) is 124 Å². The van der Waals surface area contributed by atoms with Crippen LogP contribution in [0.3, 0.4) is 0 Å². The van der Waals surface area contributed by atoms with Gasteiger partial charge in [0.05, 0.1) is 36.2 Å². The van der Waals surface area contributed by atoms with E-state index in [1.807, 2.05) is 86.6 Å². The number of esters is 4. The van der Waals surface area contributed by atoms with Crippen LogP contribution in [0.25, 0.3) is 22.3 Å². The summed E-state index contributed by atoms with van der Waals surface area (Å²) in [5, 5.41) is 0. The Kier molecular flexibility index (Phi) is 29.6. The van der Waals surface area contributed by atoms with Crippen molar-refractivity contribution in [2.75, 3.05) is 13.2 Å². The highest BCUT2D eigenvalue weighted by Gasteiger charge is 2.21. The highest BCUT2D eigenvalue weighted by molar-refractivity contribution is 5.92. The number of rotatable bonds is 40. The van der Waals surface area contributed by atoms with Crippen LogP contribution >= 0.6 is 0 Å². The number of ether oxygens (including phenoxy) is 6. The molecule has 0 radical (unpaired) electrons. The molecule has 0 bridgehead atoms. The first-order valence-corrected chi connectivity index (χ1v) is 31.4. The smallest absolute Gasteiger partial charge is 0.343 e. The molecule has 0 fully saturated rings. The van der Waals surface area contributed by atoms with E-state index >= 15 is 0 Å². The lowest BCUT2D eigenvalue weighted by Gasteiger charge is -2.14. The zero-order chi connectivity index (χ0) is 58.7. The van der Waals surface area contributed by atoms with Gasteiger partial charge in [0.15, 0.2) is 0 Å². The molecule has 2 atom stereocenters. The van der Waals surface area contributed by atoms with E-state index in [0.717, 1.165) is 124 Å². The molecule has 10 heteroatoms. The highest BCUT2D eigenvalue weighted by atomic mass is 16.5. The van der Waals surface area contributed by atoms with Gasteiger partial charge in [-0.25, -0.2) is 9.59 Å². The highest BCUT2D eigenvalue weighted by Crippen LogP contribution is 2.29. The van der Waals surface area contributed by atoms with Crippen molar-refractivity contribution in [1.82, 2.24) is 0 Å². The van der Waals surface area contributed by atoms with Crippen LogP contribution in [0.4, 0.5) is 0 Å². The minimum Gasteiger partial charge on any atom is -0.494 e. The fourth-order valence-corrected chi connectivity index (χ4v) is 10.1. The van der Waals surface area contributed by atoms with Crippen LogP contribution < -0.4 is 28.4 Å². The zero-order valence-corrected chi connectivity index (χ0v) is 50.2. The first-order valence-electron chi connectivity index (χ1n) is 31.4. The Morgan fingerprint density at radius 1 is 0.289 bits per heavy atom. The molecule has 6 aromatic rings. The predicted molar refractivity (Wildman–Crippen MR) is 334 cm³/mol. The third kappa shape index (κ3) is 23.9. The predicted octanol–water partition coefficient (Wildman–Crippen LogP) is 19.8. The molecule has 83 heavy (non-hydrogen) atoms. The summed E-state index contributed by atoms with van der Waals surface area (Å²) in [6.45, 7) is 9.96. The number of hydrogen-bond acceptors (Lipinski definition) is 10. The van der Waals surface area contributed by atoms with Crippen LogP contribution in [-0.2, 0) is 9.59 Å². The second kappa shape index (κ2) is 37.8. The van der Waals surface area contributed by atoms with Gasteiger partial charge >= 0.3 is 23.9 Å². The molecule has 0 unspecified atom stereocenters. The van der Waals surface area contributed by atoms with E-state index in [1.165, 1.54) is 70.6 Å². The Morgan fingerprint density at radius 3 is 0.843 bits per heavy atom. The van der Waals surface area contributed by atoms with Gasteiger partial charge in [0.2, 0.25) is 0 Å². The maximum Gasteiger partial charge on any atom is 0.343 e. The Balaban J connectivity index is 0.776. The van der Waals surface area contributed by atoms with E-state index in [9.17, 15) is 19.2 Å². The maximum absolute atomic E-state index is 13.1. The molecule has 0 aliphatic carbocycles. The number of carbonyl (C=O) groups is 4. The van der Waals surface area contributed by atoms with Crippen LogP contribution in [0.1, 0.15) is 209 Å². The SMILES string of the molecule is CCCCCCCCOc1ccc(-c2ccc(OC(=O)c3ccc(OC(=O)[C@@H](CC)CCCCCCCCCCC[C@H](CC)C(=O)Oc4ccc(C(=O)Oc5ccc(-c6ccc(OCCCCCCCC)cc6)cc5)cc4)cc3)cc2)cc1. The summed E-state index contributed by atoms with van der Waals surface area (Å²) >= 11 is 0. The van der Waals surface area contributed by atoms with Crippen molar-refractivity contribution in [2.24, 2.45) is 11.8 Å². The van der Waals surface area contributed by atoms with Gasteiger partial charge in [0, 0.05) is 0 Å². The van der Waals surface area contributed by atoms with Crippen molar-refractivity contribution >= 4 is 23.9 Å². The van der Waals surface area contributed by atoms with Crippen LogP contribution in [0, 0.1) is 11.8 Å². The zero-order valence-electron chi connectivity index (χ0n) is 50.2. The van der Waals surface area contributed by atoms with Crippen LogP contribution in [0.2, 0.25) is 0 Å². The molecule has 6 rings (SSSR count). The summed E-state index contributed by atoms with van der Waals surface area (Å²) in [4.78, 5) is 52.2. The number of carbonyl (C=O) groups excluding carboxylic acids is 4. The second-order valence-electron chi connectivity index (χ2n) is 22.0. The fourth-order valence-electron chi connectivity index (χ4n) is 10.1. The molecule has 444 valence electrons. The number of hydrogen-bond donors (Lipinski definition) is 0. The van der Waals surface area contributed by atoms with E-state index in [4.69, 9.17) is 28.4 Å². The summed E-state index contributed by atoms with van der Waals surface area (Å²) in [7, 11) is 0. The maximum atomic E-state index is 13.1. The van der Waals surface area contributed by atoms with E-state index < -0.39 is 11.9 Å². The Morgan fingerprint density at radius 2 is 0.542 bits per heavy atom. The molecule has 0 aliphatic heterocycles. The van der Waals surface area contributed by atoms with Crippen molar-refractivity contribution < 1.29 is 47.6 Å². The molecule has 0 saturated carbocycles. The molecule has 0 spiro atoms. The lowest BCUT2D eigenvalue weighted by Crippen LogP contribution is -2.20. The standard InChI is InChI=1S/C73H92O10/c1-5-9-11-13-22-26-54-78-64-42-30-58(31-43-64)60-34-46-66(47-35-60)82-72(76)62-38-50-68(51-39-62)80-70(74)56(7-3)28-24-20-18-16-15-17-19-21-25-29-57(8-4)71(75)81-69-52-40-63(41-53-69)73(77)83-67-48-36-61(37-49-67)59-32-44-65(45-33-59)79-55-27-23-14-12-10-6-2/h30-53,56-57H,5-29,54-55H2,1-4H3/t56-,57-/m0/s1. The molecule has 0 heterocycles. The number of unbranched alkanes of at least 4 members (excludes halogenated alkanes) is 18. The molecule has 0 aliphatic rings. The monoisotopic (exact) mass is 1130 g/mol. The van der Waals surface area contributed by atoms with Gasteiger partial charge in [-0.05, 0) is 158 Å². The van der Waals surface area contributed by atoms with E-state index in [-0.39, 0.29) is 23.8 Å². The van der Waals surface area contributed by atoms with Crippen LogP contribution in [0.5, 0.6) is 34.5 Å². The molecular formula is C73H92O10. The Labute approximate surface area is 496 Å². The van der Waals surface area contributed by atoms with Gasteiger partial charge < -0.3 is 28.4 Å². The van der Waals surface area contributed by atoms with Gasteiger partial charge in [-0.3, -0.25) is 9.59 Å². The van der Waals surface area contributed by atoms with Crippen molar-refractivity contribution in [3.05, 3.63) is 157 Å². The first-order chi connectivity index (χ1) is 40.7. The average Bonchev–Trinajstić information content (AvgIpc) is 3.55. The normalized spacial score (nSPS) is 11.8. The van der Waals surface area contributed by atoms with Gasteiger partial charge in [-0.2, -0.15) is 0 Å². The van der Waals surface area contributed by atoms with Crippen molar-refractivity contribution in [1.29, 1.82) is 0 Å². The first kappa shape index (κ1) is 65.0. The van der Waals surface area contributed by atoms with E-state index in [1.54, 1.807) is 72.8 Å². The summed E-state index contributed by atoms with van der Waals surface area (Å²) in [6.07, 6.45) is 27.6. The van der Waals surface area contributed by atoms with Gasteiger partial charge in [-0.15, -0.1) is 0 Å². The minimum absolute atomic E-state index is 0.184. The summed E-state index contributed by atoms with van der Waals surface area (Å²) in [5.74, 6) is 1.60. The summed E-state index contributed by atoms with van der Waals surface area (Å²) < 4.78 is 34.6. The van der Waals surface area contributed by atoms with Crippen molar-refractivity contribution in [2.45, 2.75) is 188 Å². The molecule has 10 nitrogen and oxygen atoms in total.